The largest absolute Gasteiger partial charge is 0.436 e. The third-order valence-corrected chi connectivity index (χ3v) is 6.49. The van der Waals surface area contributed by atoms with E-state index in [1.54, 1.807) is 12.1 Å². The molecule has 194 valence electrons. The van der Waals surface area contributed by atoms with Gasteiger partial charge in [0.2, 0.25) is 5.89 Å². The molecular formula is C27H25N5O5S. The van der Waals surface area contributed by atoms with Gasteiger partial charge >= 0.3 is 0 Å². The maximum absolute atomic E-state index is 12.9. The van der Waals surface area contributed by atoms with Gasteiger partial charge in [-0.25, -0.2) is 4.98 Å². The number of carbonyl (C=O) groups excluding carboxylic acids is 1. The fourth-order valence-electron chi connectivity index (χ4n) is 4.26. The molecule has 5 rings (SSSR count). The molecule has 2 N–H and O–H groups in total. The number of nitrogens with zero attached hydrogens (tertiary/aromatic N) is 3. The second-order valence-electron chi connectivity index (χ2n) is 8.99. The van der Waals surface area contributed by atoms with Gasteiger partial charge in [-0.15, -0.1) is 0 Å². The molecule has 11 heteroatoms. The zero-order chi connectivity index (χ0) is 26.8. The minimum absolute atomic E-state index is 0.0587. The van der Waals surface area contributed by atoms with Crippen LogP contribution in [-0.4, -0.2) is 47.2 Å². The summed E-state index contributed by atoms with van der Waals surface area (Å²) in [7, 11) is 0. The molecule has 38 heavy (non-hydrogen) atoms. The number of hydrogen-bond acceptors (Lipinski definition) is 8. The number of benzene rings is 3. The predicted octanol–water partition coefficient (Wildman–Crippen LogP) is 4.98. The van der Waals surface area contributed by atoms with Crippen LogP contribution in [0.25, 0.3) is 22.6 Å². The maximum atomic E-state index is 12.9. The lowest BCUT2D eigenvalue weighted by Crippen LogP contribution is -2.37. The lowest BCUT2D eigenvalue weighted by molar-refractivity contribution is -0.384. The average Bonchev–Trinajstić information content (AvgIpc) is 3.33. The molecule has 3 aromatic carbocycles. The van der Waals surface area contributed by atoms with Crippen LogP contribution in [0.15, 0.2) is 59.0 Å². The summed E-state index contributed by atoms with van der Waals surface area (Å²) in [5, 5.41) is 17.4. The molecule has 0 atom stereocenters. The minimum Gasteiger partial charge on any atom is -0.436 e. The van der Waals surface area contributed by atoms with Crippen LogP contribution in [0.3, 0.4) is 0 Å². The number of carbonyl (C=O) groups is 1. The zero-order valence-corrected chi connectivity index (χ0v) is 21.6. The summed E-state index contributed by atoms with van der Waals surface area (Å²) in [6, 6.07) is 15.9. The van der Waals surface area contributed by atoms with Gasteiger partial charge in [0.05, 0.1) is 18.1 Å². The Morgan fingerprint density at radius 3 is 2.63 bits per heavy atom. The van der Waals surface area contributed by atoms with Crippen LogP contribution in [0.1, 0.15) is 21.5 Å². The van der Waals surface area contributed by atoms with Crippen molar-refractivity contribution in [2.45, 2.75) is 13.8 Å². The number of nitro groups is 1. The number of morpholine rings is 1. The molecule has 0 bridgehead atoms. The highest BCUT2D eigenvalue weighted by Gasteiger charge is 2.23. The van der Waals surface area contributed by atoms with Crippen molar-refractivity contribution in [1.82, 2.24) is 10.3 Å². The topological polar surface area (TPSA) is 123 Å². The minimum atomic E-state index is -0.553. The van der Waals surface area contributed by atoms with Crippen molar-refractivity contribution in [3.63, 3.8) is 0 Å². The van der Waals surface area contributed by atoms with E-state index in [1.807, 2.05) is 55.1 Å². The van der Waals surface area contributed by atoms with Crippen LogP contribution in [0, 0.1) is 24.0 Å². The van der Waals surface area contributed by atoms with E-state index in [4.69, 9.17) is 21.4 Å². The molecule has 0 radical (unpaired) electrons. The van der Waals surface area contributed by atoms with Crippen molar-refractivity contribution >= 4 is 51.4 Å². The van der Waals surface area contributed by atoms with Gasteiger partial charge < -0.3 is 19.4 Å². The third kappa shape index (κ3) is 5.34. The van der Waals surface area contributed by atoms with Gasteiger partial charge in [0.25, 0.3) is 11.6 Å². The van der Waals surface area contributed by atoms with E-state index < -0.39 is 10.8 Å². The number of ether oxygens (including phenoxy) is 1. The first-order valence-electron chi connectivity index (χ1n) is 12.0. The van der Waals surface area contributed by atoms with E-state index in [1.165, 1.54) is 6.07 Å². The molecule has 2 heterocycles. The predicted molar refractivity (Wildman–Crippen MR) is 149 cm³/mol. The Kier molecular flexibility index (Phi) is 7.03. The van der Waals surface area contributed by atoms with Crippen LogP contribution in [0.5, 0.6) is 0 Å². The molecule has 4 aromatic rings. The monoisotopic (exact) mass is 531 g/mol. The Labute approximate surface area is 223 Å². The molecule has 10 nitrogen and oxygen atoms in total. The second-order valence-corrected chi connectivity index (χ2v) is 9.40. The van der Waals surface area contributed by atoms with Crippen molar-refractivity contribution in [2.75, 3.05) is 36.5 Å². The standard InChI is InChI=1S/C27H25N5O5S/c1-16-3-8-24-21(13-16)28-26(37-24)19-5-4-17(2)20(14-19)29-27(38)30-25(33)18-6-7-22(23(15-18)32(34)35)31-9-11-36-12-10-31/h3-8,13-15H,9-12H2,1-2H3,(H2,29,30,33,38). The first-order chi connectivity index (χ1) is 18.3. The van der Waals surface area contributed by atoms with Gasteiger partial charge in [-0.05, 0) is 73.6 Å². The Morgan fingerprint density at radius 1 is 1.08 bits per heavy atom. The zero-order valence-electron chi connectivity index (χ0n) is 20.8. The molecule has 0 saturated carbocycles. The Morgan fingerprint density at radius 2 is 1.87 bits per heavy atom. The number of hydrogen-bond donors (Lipinski definition) is 2. The van der Waals surface area contributed by atoms with Crippen molar-refractivity contribution in [2.24, 2.45) is 0 Å². The molecule has 0 spiro atoms. The quantitative estimate of drug-likeness (QED) is 0.208. The summed E-state index contributed by atoms with van der Waals surface area (Å²) >= 11 is 5.37. The highest BCUT2D eigenvalue weighted by atomic mass is 32.1. The number of oxazole rings is 1. The fourth-order valence-corrected chi connectivity index (χ4v) is 4.46. The van der Waals surface area contributed by atoms with Crippen molar-refractivity contribution < 1.29 is 18.9 Å². The molecule has 1 aliphatic heterocycles. The highest BCUT2D eigenvalue weighted by molar-refractivity contribution is 7.80. The lowest BCUT2D eigenvalue weighted by Gasteiger charge is -2.28. The van der Waals surface area contributed by atoms with Gasteiger partial charge in [0.1, 0.15) is 11.2 Å². The number of rotatable bonds is 5. The summed E-state index contributed by atoms with van der Waals surface area (Å²) in [5.74, 6) is -0.0847. The van der Waals surface area contributed by atoms with Gasteiger partial charge in [-0.3, -0.25) is 20.2 Å². The van der Waals surface area contributed by atoms with Gasteiger partial charge in [-0.1, -0.05) is 12.1 Å². The molecule has 1 aromatic heterocycles. The van der Waals surface area contributed by atoms with E-state index in [9.17, 15) is 14.9 Å². The molecule has 1 aliphatic rings. The molecule has 0 aliphatic carbocycles. The Hall–Kier alpha value is -4.35. The van der Waals surface area contributed by atoms with Crippen LogP contribution >= 0.6 is 12.2 Å². The molecule has 0 unspecified atom stereocenters. The summed E-state index contributed by atoms with van der Waals surface area (Å²) < 4.78 is 11.2. The first-order valence-corrected chi connectivity index (χ1v) is 12.4. The summed E-state index contributed by atoms with van der Waals surface area (Å²) in [5.41, 5.74) is 5.30. The SMILES string of the molecule is Cc1ccc2oc(-c3ccc(C)c(NC(=S)NC(=O)c4ccc(N5CCOCC5)c([N+](=O)[O-])c4)c3)nc2c1. The fraction of sp³-hybridized carbons (Fsp3) is 0.222. The van der Waals surface area contributed by atoms with E-state index >= 15 is 0 Å². The van der Waals surface area contributed by atoms with Crippen LogP contribution in [0.4, 0.5) is 17.1 Å². The van der Waals surface area contributed by atoms with Crippen molar-refractivity contribution in [3.05, 3.63) is 81.4 Å². The second kappa shape index (κ2) is 10.6. The number of fused-ring (bicyclic) bond motifs is 1. The number of aromatic nitrogens is 1. The normalized spacial score (nSPS) is 13.4. The highest BCUT2D eigenvalue weighted by Crippen LogP contribution is 2.31. The smallest absolute Gasteiger partial charge is 0.293 e. The number of aryl methyl sites for hydroxylation is 2. The number of anilines is 2. The third-order valence-electron chi connectivity index (χ3n) is 6.29. The molecular weight excluding hydrogens is 506 g/mol. The van der Waals surface area contributed by atoms with Crippen LogP contribution < -0.4 is 15.5 Å². The number of nitrogens with one attached hydrogen (secondary N) is 2. The summed E-state index contributed by atoms with van der Waals surface area (Å²) in [4.78, 5) is 30.6. The van der Waals surface area contributed by atoms with E-state index in [-0.39, 0.29) is 16.4 Å². The summed E-state index contributed by atoms with van der Waals surface area (Å²) in [6.45, 7) is 5.97. The molecule has 1 amide bonds. The van der Waals surface area contributed by atoms with Gasteiger partial charge in [0, 0.05) is 36.0 Å². The maximum Gasteiger partial charge on any atom is 0.293 e. The Balaban J connectivity index is 1.31. The van der Waals surface area contributed by atoms with E-state index in [0.717, 1.165) is 22.2 Å². The number of thiocarbonyl (C=S) groups is 1. The average molecular weight is 532 g/mol. The molecule has 1 fully saturated rings. The first kappa shape index (κ1) is 25.3. The summed E-state index contributed by atoms with van der Waals surface area (Å²) in [6.07, 6.45) is 0. The van der Waals surface area contributed by atoms with Gasteiger partial charge in [0.15, 0.2) is 10.7 Å². The van der Waals surface area contributed by atoms with Gasteiger partial charge in [-0.2, -0.15) is 0 Å². The number of amides is 1. The Bertz CT molecular complexity index is 1560. The van der Waals surface area contributed by atoms with E-state index in [0.29, 0.717) is 49.2 Å². The van der Waals surface area contributed by atoms with Crippen molar-refractivity contribution in [3.8, 4) is 11.5 Å². The number of nitro benzene ring substituents is 1. The van der Waals surface area contributed by atoms with Crippen LogP contribution in [-0.2, 0) is 4.74 Å². The van der Waals surface area contributed by atoms with Crippen molar-refractivity contribution in [1.29, 1.82) is 0 Å². The lowest BCUT2D eigenvalue weighted by atomic mass is 10.1. The molecule has 1 saturated heterocycles. The van der Waals surface area contributed by atoms with Crippen LogP contribution in [0.2, 0.25) is 0 Å². The van der Waals surface area contributed by atoms with E-state index in [2.05, 4.69) is 15.6 Å².